The third-order valence-electron chi connectivity index (χ3n) is 3.61. The van der Waals surface area contributed by atoms with E-state index in [1.165, 1.54) is 6.07 Å². The molecule has 0 aromatic heterocycles. The normalized spacial score (nSPS) is 11.4. The van der Waals surface area contributed by atoms with Gasteiger partial charge in [-0.15, -0.1) is 0 Å². The van der Waals surface area contributed by atoms with Crippen molar-refractivity contribution in [2.45, 2.75) is 6.92 Å². The molecular formula is C18H15N3O2. The average molecular weight is 305 g/mol. The van der Waals surface area contributed by atoms with Gasteiger partial charge in [0.05, 0.1) is 10.6 Å². The van der Waals surface area contributed by atoms with Gasteiger partial charge in [-0.05, 0) is 35.4 Å². The number of para-hydroxylation sites is 2. The fraction of sp³-hybridized carbons (Fsp3) is 0.0556. The molecule has 0 fully saturated rings. The second kappa shape index (κ2) is 6.27. The first-order chi connectivity index (χ1) is 11.1. The van der Waals surface area contributed by atoms with Crippen LogP contribution in [0.1, 0.15) is 12.5 Å². The van der Waals surface area contributed by atoms with Gasteiger partial charge in [0.15, 0.2) is 0 Å². The van der Waals surface area contributed by atoms with Crippen LogP contribution in [0.4, 0.5) is 11.4 Å². The quantitative estimate of drug-likeness (QED) is 0.435. The zero-order valence-electron chi connectivity index (χ0n) is 12.6. The van der Waals surface area contributed by atoms with Crippen LogP contribution in [0.3, 0.4) is 0 Å². The summed E-state index contributed by atoms with van der Waals surface area (Å²) in [5, 5.41) is 17.6. The molecule has 114 valence electrons. The zero-order valence-corrected chi connectivity index (χ0v) is 12.6. The van der Waals surface area contributed by atoms with Crippen LogP contribution in [0.2, 0.25) is 0 Å². The van der Waals surface area contributed by atoms with Crippen molar-refractivity contribution in [1.29, 1.82) is 0 Å². The number of hydrogen-bond acceptors (Lipinski definition) is 4. The first-order valence-electron chi connectivity index (χ1n) is 7.18. The Bertz CT molecular complexity index is 903. The minimum atomic E-state index is -0.427. The lowest BCUT2D eigenvalue weighted by atomic mass is 10.0. The number of nitrogens with one attached hydrogen (secondary N) is 1. The number of rotatable bonds is 4. The molecule has 0 aliphatic rings. The summed E-state index contributed by atoms with van der Waals surface area (Å²) in [6.07, 6.45) is 0. The summed E-state index contributed by atoms with van der Waals surface area (Å²) in [4.78, 5) is 10.6. The van der Waals surface area contributed by atoms with Crippen molar-refractivity contribution in [3.05, 3.63) is 82.4 Å². The molecule has 0 radical (unpaired) electrons. The summed E-state index contributed by atoms with van der Waals surface area (Å²) in [7, 11) is 0. The van der Waals surface area contributed by atoms with Crippen molar-refractivity contribution in [2.75, 3.05) is 5.43 Å². The van der Waals surface area contributed by atoms with E-state index in [0.29, 0.717) is 5.69 Å². The van der Waals surface area contributed by atoms with E-state index in [-0.39, 0.29) is 5.69 Å². The minimum Gasteiger partial charge on any atom is -0.271 e. The van der Waals surface area contributed by atoms with Gasteiger partial charge >= 0.3 is 0 Å². The maximum Gasteiger partial charge on any atom is 0.294 e. The summed E-state index contributed by atoms with van der Waals surface area (Å²) in [6.45, 7) is 1.87. The van der Waals surface area contributed by atoms with Crippen LogP contribution in [-0.2, 0) is 0 Å². The topological polar surface area (TPSA) is 67.5 Å². The number of hydrogen-bond donors (Lipinski definition) is 1. The van der Waals surface area contributed by atoms with Gasteiger partial charge in [-0.1, -0.05) is 48.5 Å². The molecule has 0 unspecified atom stereocenters. The molecule has 0 aliphatic heterocycles. The van der Waals surface area contributed by atoms with Crippen molar-refractivity contribution >= 4 is 27.9 Å². The van der Waals surface area contributed by atoms with Crippen LogP contribution in [-0.4, -0.2) is 10.6 Å². The largest absolute Gasteiger partial charge is 0.294 e. The lowest BCUT2D eigenvalue weighted by molar-refractivity contribution is -0.384. The Balaban J connectivity index is 1.88. The van der Waals surface area contributed by atoms with Crippen LogP contribution in [0.15, 0.2) is 71.8 Å². The molecule has 3 rings (SSSR count). The number of fused-ring (bicyclic) bond motifs is 1. The predicted octanol–water partition coefficient (Wildman–Crippen LogP) is 4.58. The van der Waals surface area contributed by atoms with Gasteiger partial charge < -0.3 is 0 Å². The van der Waals surface area contributed by atoms with Crippen LogP contribution in [0.25, 0.3) is 10.8 Å². The molecule has 0 heterocycles. The second-order valence-corrected chi connectivity index (χ2v) is 5.15. The van der Waals surface area contributed by atoms with Gasteiger partial charge in [-0.2, -0.15) is 5.10 Å². The molecule has 0 atom stereocenters. The van der Waals surface area contributed by atoms with Crippen LogP contribution in [0, 0.1) is 10.1 Å². The van der Waals surface area contributed by atoms with Crippen molar-refractivity contribution in [3.63, 3.8) is 0 Å². The Morgan fingerprint density at radius 2 is 1.70 bits per heavy atom. The van der Waals surface area contributed by atoms with Gasteiger partial charge in [-0.25, -0.2) is 0 Å². The van der Waals surface area contributed by atoms with E-state index in [4.69, 9.17) is 0 Å². The molecule has 0 saturated heterocycles. The van der Waals surface area contributed by atoms with E-state index < -0.39 is 4.92 Å². The first kappa shape index (κ1) is 14.7. The molecule has 3 aromatic rings. The van der Waals surface area contributed by atoms with Crippen molar-refractivity contribution in [2.24, 2.45) is 5.10 Å². The third-order valence-corrected chi connectivity index (χ3v) is 3.61. The summed E-state index contributed by atoms with van der Waals surface area (Å²) < 4.78 is 0. The number of anilines is 1. The maximum absolute atomic E-state index is 11.0. The molecule has 0 amide bonds. The zero-order chi connectivity index (χ0) is 16.2. The van der Waals surface area contributed by atoms with E-state index >= 15 is 0 Å². The van der Waals surface area contributed by atoms with Crippen LogP contribution in [0.5, 0.6) is 0 Å². The fourth-order valence-electron chi connectivity index (χ4n) is 2.35. The lowest BCUT2D eigenvalue weighted by Crippen LogP contribution is -2.01. The van der Waals surface area contributed by atoms with Gasteiger partial charge in [0.2, 0.25) is 0 Å². The van der Waals surface area contributed by atoms with E-state index in [2.05, 4.69) is 22.7 Å². The molecule has 1 N–H and O–H groups in total. The number of benzene rings is 3. The van der Waals surface area contributed by atoms with Gasteiger partial charge in [0.1, 0.15) is 5.69 Å². The summed E-state index contributed by atoms with van der Waals surface area (Å²) in [5.74, 6) is 0. The number of hydrazone groups is 1. The smallest absolute Gasteiger partial charge is 0.271 e. The van der Waals surface area contributed by atoms with Crippen molar-refractivity contribution < 1.29 is 4.92 Å². The van der Waals surface area contributed by atoms with Crippen molar-refractivity contribution in [1.82, 2.24) is 0 Å². The van der Waals surface area contributed by atoms with Crippen molar-refractivity contribution in [3.8, 4) is 0 Å². The first-order valence-corrected chi connectivity index (χ1v) is 7.18. The third kappa shape index (κ3) is 3.18. The Labute approximate surface area is 133 Å². The molecule has 0 bridgehead atoms. The highest BCUT2D eigenvalue weighted by Gasteiger charge is 2.11. The summed E-state index contributed by atoms with van der Waals surface area (Å²) >= 11 is 0. The van der Waals surface area contributed by atoms with E-state index in [1.807, 2.05) is 37.3 Å². The Morgan fingerprint density at radius 3 is 2.48 bits per heavy atom. The average Bonchev–Trinajstić information content (AvgIpc) is 2.59. The van der Waals surface area contributed by atoms with Gasteiger partial charge in [0, 0.05) is 6.07 Å². The molecule has 0 spiro atoms. The molecule has 23 heavy (non-hydrogen) atoms. The Hall–Kier alpha value is -3.21. The summed E-state index contributed by atoms with van der Waals surface area (Å²) in [5.41, 5.74) is 4.89. The van der Waals surface area contributed by atoms with Gasteiger partial charge in [0.25, 0.3) is 5.69 Å². The van der Waals surface area contributed by atoms with Crippen LogP contribution >= 0.6 is 0 Å². The highest BCUT2D eigenvalue weighted by atomic mass is 16.6. The second-order valence-electron chi connectivity index (χ2n) is 5.15. The predicted molar refractivity (Wildman–Crippen MR) is 92.9 cm³/mol. The number of nitrogens with zero attached hydrogens (tertiary/aromatic N) is 2. The van der Waals surface area contributed by atoms with Crippen LogP contribution < -0.4 is 5.43 Å². The lowest BCUT2D eigenvalue weighted by Gasteiger charge is -2.05. The molecule has 5 heteroatoms. The molecule has 3 aromatic carbocycles. The standard InChI is InChI=1S/C18H15N3O2/c1-13(15-11-10-14-6-2-3-7-16(14)12-15)19-20-17-8-4-5-9-18(17)21(22)23/h2-12,20H,1H3. The van der Waals surface area contributed by atoms with E-state index in [0.717, 1.165) is 22.0 Å². The Kier molecular flexibility index (Phi) is 4.01. The fourth-order valence-corrected chi connectivity index (χ4v) is 2.35. The molecule has 5 nitrogen and oxygen atoms in total. The highest BCUT2D eigenvalue weighted by molar-refractivity contribution is 6.02. The minimum absolute atomic E-state index is 0.00237. The number of nitro benzene ring substituents is 1. The van der Waals surface area contributed by atoms with Gasteiger partial charge in [-0.3, -0.25) is 15.5 Å². The Morgan fingerprint density at radius 1 is 1.00 bits per heavy atom. The maximum atomic E-state index is 11.0. The van der Waals surface area contributed by atoms with E-state index in [9.17, 15) is 10.1 Å². The molecule has 0 aliphatic carbocycles. The molecular weight excluding hydrogens is 290 g/mol. The number of nitro groups is 1. The summed E-state index contributed by atoms with van der Waals surface area (Å²) in [6, 6.07) is 20.6. The molecule has 0 saturated carbocycles. The highest BCUT2D eigenvalue weighted by Crippen LogP contribution is 2.23. The van der Waals surface area contributed by atoms with E-state index in [1.54, 1.807) is 18.2 Å². The SMILES string of the molecule is CC(=NNc1ccccc1[N+](=O)[O-])c1ccc2ccccc2c1. The monoisotopic (exact) mass is 305 g/mol.